The van der Waals surface area contributed by atoms with Gasteiger partial charge in [-0.1, -0.05) is 0 Å². The monoisotopic (exact) mass is 317 g/mol. The molecule has 4 aliphatic carbocycles. The van der Waals surface area contributed by atoms with Crippen LogP contribution in [0.3, 0.4) is 0 Å². The van der Waals surface area contributed by atoms with Crippen LogP contribution in [-0.2, 0) is 4.79 Å². The predicted octanol–water partition coefficient (Wildman–Crippen LogP) is 1.55. The Balaban J connectivity index is 1.57. The zero-order chi connectivity index (χ0) is 16.2. The summed E-state index contributed by atoms with van der Waals surface area (Å²) in [7, 11) is 0. The Kier molecular flexibility index (Phi) is 3.48. The Morgan fingerprint density at radius 1 is 1.26 bits per heavy atom. The van der Waals surface area contributed by atoms with Crippen molar-refractivity contribution in [2.75, 3.05) is 6.54 Å². The van der Waals surface area contributed by atoms with E-state index in [1.165, 1.54) is 6.42 Å². The highest BCUT2D eigenvalue weighted by Crippen LogP contribution is 2.62. The molecule has 4 bridgehead atoms. The number of hydrogen-bond acceptors (Lipinski definition) is 4. The Morgan fingerprint density at radius 3 is 2.57 bits per heavy atom. The van der Waals surface area contributed by atoms with Crippen molar-refractivity contribution in [1.29, 1.82) is 5.26 Å². The van der Waals surface area contributed by atoms with E-state index in [1.807, 2.05) is 0 Å². The molecule has 1 aliphatic heterocycles. The Morgan fingerprint density at radius 2 is 1.96 bits per heavy atom. The van der Waals surface area contributed by atoms with Gasteiger partial charge in [0.2, 0.25) is 5.91 Å². The molecule has 0 aromatic carbocycles. The van der Waals surface area contributed by atoms with Crippen LogP contribution in [0.25, 0.3) is 0 Å². The second kappa shape index (κ2) is 5.19. The molecule has 126 valence electrons. The van der Waals surface area contributed by atoms with Gasteiger partial charge in [-0.05, 0) is 75.0 Å². The van der Waals surface area contributed by atoms with Gasteiger partial charge in [0.25, 0.3) is 0 Å². The van der Waals surface area contributed by atoms with Crippen LogP contribution in [0.1, 0.15) is 57.8 Å². The highest BCUT2D eigenvalue weighted by atomic mass is 16.3. The molecule has 4 saturated carbocycles. The second-order valence-corrected chi connectivity index (χ2v) is 8.70. The van der Waals surface area contributed by atoms with E-state index in [-0.39, 0.29) is 17.4 Å². The zero-order valence-corrected chi connectivity index (χ0v) is 13.7. The van der Waals surface area contributed by atoms with Crippen molar-refractivity contribution in [3.05, 3.63) is 0 Å². The van der Waals surface area contributed by atoms with E-state index in [9.17, 15) is 15.2 Å². The molecule has 6 atom stereocenters. The summed E-state index contributed by atoms with van der Waals surface area (Å²) >= 11 is 0. The minimum atomic E-state index is -0.599. The number of likely N-dealkylation sites (tertiary alicyclic amines) is 1. The molecular weight excluding hydrogens is 290 g/mol. The molecule has 5 rings (SSSR count). The molecule has 0 aromatic rings. The van der Waals surface area contributed by atoms with E-state index >= 15 is 0 Å². The fourth-order valence-corrected chi connectivity index (χ4v) is 6.42. The summed E-state index contributed by atoms with van der Waals surface area (Å²) in [5, 5.41) is 20.2. The molecule has 5 heteroatoms. The number of nitrogens with zero attached hydrogens (tertiary/aromatic N) is 2. The number of nitriles is 1. The predicted molar refractivity (Wildman–Crippen MR) is 85.0 cm³/mol. The van der Waals surface area contributed by atoms with Crippen LogP contribution in [-0.4, -0.2) is 40.1 Å². The summed E-state index contributed by atoms with van der Waals surface area (Å²) in [5.74, 6) is 0.989. The Bertz CT molecular complexity index is 541. The van der Waals surface area contributed by atoms with Gasteiger partial charge in [0.1, 0.15) is 6.04 Å². The van der Waals surface area contributed by atoms with E-state index in [0.717, 1.165) is 44.9 Å². The number of amides is 1. The molecular formula is C18H27N3O2. The van der Waals surface area contributed by atoms with Crippen LogP contribution in [0.2, 0.25) is 0 Å². The largest absolute Gasteiger partial charge is 0.390 e. The number of carbonyl (C=O) groups excluding carboxylic acids is 1. The highest BCUT2D eigenvalue weighted by Gasteiger charge is 2.60. The van der Waals surface area contributed by atoms with Crippen LogP contribution in [0.15, 0.2) is 0 Å². The maximum absolute atomic E-state index is 13.1. The van der Waals surface area contributed by atoms with E-state index < -0.39 is 11.6 Å². The molecule has 5 aliphatic rings. The van der Waals surface area contributed by atoms with Gasteiger partial charge >= 0.3 is 0 Å². The lowest BCUT2D eigenvalue weighted by Crippen LogP contribution is -2.65. The van der Waals surface area contributed by atoms with Gasteiger partial charge in [0.15, 0.2) is 0 Å². The first kappa shape index (κ1) is 15.4. The van der Waals surface area contributed by atoms with Crippen molar-refractivity contribution >= 4 is 5.91 Å². The maximum Gasteiger partial charge on any atom is 0.241 e. The smallest absolute Gasteiger partial charge is 0.241 e. The van der Waals surface area contributed by atoms with Crippen molar-refractivity contribution in [3.8, 4) is 6.07 Å². The van der Waals surface area contributed by atoms with Crippen LogP contribution < -0.4 is 5.73 Å². The van der Waals surface area contributed by atoms with E-state index in [1.54, 1.807) is 4.90 Å². The van der Waals surface area contributed by atoms with E-state index in [2.05, 4.69) is 6.07 Å². The molecule has 1 heterocycles. The summed E-state index contributed by atoms with van der Waals surface area (Å²) in [5.41, 5.74) is 5.67. The fourth-order valence-electron chi connectivity index (χ4n) is 6.42. The Labute approximate surface area is 137 Å². The SMILES string of the molecule is N#CC1CCCCN1C(=O)C(N)C12C[C@@H]3C[C@@H](CC(O)(C3)C1)C2. The molecule has 4 unspecified atom stereocenters. The van der Waals surface area contributed by atoms with Gasteiger partial charge in [-0.2, -0.15) is 5.26 Å². The van der Waals surface area contributed by atoms with E-state index in [4.69, 9.17) is 5.73 Å². The fraction of sp³-hybridized carbons (Fsp3) is 0.889. The summed E-state index contributed by atoms with van der Waals surface area (Å²) in [6.07, 6.45) is 8.31. The van der Waals surface area contributed by atoms with Crippen LogP contribution >= 0.6 is 0 Å². The van der Waals surface area contributed by atoms with Gasteiger partial charge in [0, 0.05) is 6.54 Å². The number of hydrogen-bond donors (Lipinski definition) is 2. The number of piperidine rings is 1. The van der Waals surface area contributed by atoms with Crippen LogP contribution in [0.4, 0.5) is 0 Å². The molecule has 5 nitrogen and oxygen atoms in total. The van der Waals surface area contributed by atoms with Gasteiger partial charge in [-0.3, -0.25) is 4.79 Å². The molecule has 5 fully saturated rings. The molecule has 0 spiro atoms. The average Bonchev–Trinajstić information content (AvgIpc) is 2.51. The highest BCUT2D eigenvalue weighted by molar-refractivity contribution is 5.83. The van der Waals surface area contributed by atoms with Crippen molar-refractivity contribution in [3.63, 3.8) is 0 Å². The van der Waals surface area contributed by atoms with Crippen molar-refractivity contribution in [2.45, 2.75) is 75.5 Å². The molecule has 1 saturated heterocycles. The molecule has 23 heavy (non-hydrogen) atoms. The first-order chi connectivity index (χ1) is 10.9. The van der Waals surface area contributed by atoms with Crippen molar-refractivity contribution < 1.29 is 9.90 Å². The first-order valence-electron chi connectivity index (χ1n) is 9.13. The summed E-state index contributed by atoms with van der Waals surface area (Å²) in [6, 6.07) is 1.39. The topological polar surface area (TPSA) is 90.4 Å². The number of aliphatic hydroxyl groups is 1. The molecule has 1 amide bonds. The van der Waals surface area contributed by atoms with Gasteiger partial charge in [0.05, 0.1) is 17.7 Å². The number of carbonyl (C=O) groups is 1. The quantitative estimate of drug-likeness (QED) is 0.808. The summed E-state index contributed by atoms with van der Waals surface area (Å²) in [6.45, 7) is 0.651. The minimum absolute atomic E-state index is 0.0539. The summed E-state index contributed by atoms with van der Waals surface area (Å²) in [4.78, 5) is 14.8. The molecule has 0 radical (unpaired) electrons. The number of rotatable bonds is 2. The lowest BCUT2D eigenvalue weighted by molar-refractivity contribution is -0.177. The van der Waals surface area contributed by atoms with Gasteiger partial charge in [-0.15, -0.1) is 0 Å². The van der Waals surface area contributed by atoms with Gasteiger partial charge in [-0.25, -0.2) is 0 Å². The second-order valence-electron chi connectivity index (χ2n) is 8.70. The van der Waals surface area contributed by atoms with Crippen molar-refractivity contribution in [1.82, 2.24) is 4.90 Å². The number of nitrogens with two attached hydrogens (primary N) is 1. The third kappa shape index (κ3) is 2.38. The van der Waals surface area contributed by atoms with Crippen molar-refractivity contribution in [2.24, 2.45) is 23.0 Å². The Hall–Kier alpha value is -1.12. The molecule has 3 N–H and O–H groups in total. The lowest BCUT2D eigenvalue weighted by atomic mass is 9.46. The summed E-state index contributed by atoms with van der Waals surface area (Å²) < 4.78 is 0. The van der Waals surface area contributed by atoms with Gasteiger partial charge < -0.3 is 15.7 Å². The third-order valence-electron chi connectivity index (χ3n) is 6.94. The third-order valence-corrected chi connectivity index (χ3v) is 6.94. The zero-order valence-electron chi connectivity index (χ0n) is 13.7. The minimum Gasteiger partial charge on any atom is -0.390 e. The van der Waals surface area contributed by atoms with Crippen LogP contribution in [0.5, 0.6) is 0 Å². The lowest BCUT2D eigenvalue weighted by Gasteiger charge is -2.61. The average molecular weight is 317 g/mol. The van der Waals surface area contributed by atoms with E-state index in [0.29, 0.717) is 24.8 Å². The van der Waals surface area contributed by atoms with Crippen LogP contribution in [0, 0.1) is 28.6 Å². The molecule has 0 aromatic heterocycles. The first-order valence-corrected chi connectivity index (χ1v) is 9.13. The standard InChI is InChI=1S/C18H27N3O2/c19-10-14-3-1-2-4-21(14)16(22)15(20)17-6-12-5-13(7-17)9-18(23,8-12)11-17/h12-15,23H,1-9,11,20H2/t12-,13+,14?,15?,17?,18?. The maximum atomic E-state index is 13.1. The normalized spacial score (nSPS) is 46.5.